The van der Waals surface area contributed by atoms with Crippen LogP contribution in [0.25, 0.3) is 10.9 Å². The van der Waals surface area contributed by atoms with Crippen LogP contribution in [0.15, 0.2) is 34.5 Å². The van der Waals surface area contributed by atoms with Crippen molar-refractivity contribution in [2.75, 3.05) is 12.3 Å². The molecule has 0 atom stereocenters. The number of hydrazone groups is 1. The van der Waals surface area contributed by atoms with Crippen LogP contribution in [-0.2, 0) is 6.42 Å². The van der Waals surface area contributed by atoms with E-state index in [0.717, 1.165) is 36.0 Å². The zero-order valence-corrected chi connectivity index (χ0v) is 14.0. The molecule has 116 valence electrons. The highest BCUT2D eigenvalue weighted by Crippen LogP contribution is 2.25. The second kappa shape index (κ2) is 7.01. The van der Waals surface area contributed by atoms with Crippen LogP contribution in [0.5, 0.6) is 0 Å². The second-order valence-electron chi connectivity index (χ2n) is 5.40. The minimum absolute atomic E-state index is 0.862. The van der Waals surface area contributed by atoms with E-state index in [4.69, 9.17) is 0 Å². The number of unbranched alkanes of at least 4 members (excludes halogenated alkanes) is 1. The Morgan fingerprint density at radius 2 is 2.23 bits per heavy atom. The van der Waals surface area contributed by atoms with E-state index < -0.39 is 0 Å². The molecule has 1 aromatic carbocycles. The lowest BCUT2D eigenvalue weighted by Gasteiger charge is -2.14. The van der Waals surface area contributed by atoms with Gasteiger partial charge in [0.15, 0.2) is 5.17 Å². The van der Waals surface area contributed by atoms with Crippen molar-refractivity contribution < 1.29 is 0 Å². The summed E-state index contributed by atoms with van der Waals surface area (Å²) in [6.45, 7) is 5.24. The van der Waals surface area contributed by atoms with Gasteiger partial charge in [-0.15, -0.1) is 0 Å². The molecule has 4 nitrogen and oxygen atoms in total. The van der Waals surface area contributed by atoms with Gasteiger partial charge in [-0.25, -0.2) is 0 Å². The number of para-hydroxylation sites is 1. The number of benzene rings is 1. The van der Waals surface area contributed by atoms with Crippen molar-refractivity contribution in [2.24, 2.45) is 10.1 Å². The standard InChI is InChI=1S/C17H22N4S/c1-3-5-9-18-17-21-20-15(11-22-17)14-10-19-16-12(4-2)7-6-8-13(14)16/h6-8,10,19H,3-5,9,11H2,1-2H3,(H,18,21). The third-order valence-electron chi connectivity index (χ3n) is 3.89. The van der Waals surface area contributed by atoms with Gasteiger partial charge in [0, 0.05) is 35.0 Å². The zero-order chi connectivity index (χ0) is 15.4. The predicted molar refractivity (Wildman–Crippen MR) is 97.0 cm³/mol. The van der Waals surface area contributed by atoms with Gasteiger partial charge < -0.3 is 4.98 Å². The van der Waals surface area contributed by atoms with Gasteiger partial charge in [-0.05, 0) is 18.4 Å². The number of nitrogens with zero attached hydrogens (tertiary/aromatic N) is 2. The summed E-state index contributed by atoms with van der Waals surface area (Å²) in [5.41, 5.74) is 7.95. The lowest BCUT2D eigenvalue weighted by Crippen LogP contribution is -2.25. The highest BCUT2D eigenvalue weighted by atomic mass is 32.2. The SMILES string of the molecule is CCCCN=C1NN=C(c2c[nH]c3c(CC)cccc23)CS1. The first-order valence-electron chi connectivity index (χ1n) is 7.92. The van der Waals surface area contributed by atoms with Crippen LogP contribution in [0.4, 0.5) is 0 Å². The van der Waals surface area contributed by atoms with Crippen molar-refractivity contribution >= 4 is 33.5 Å². The average molecular weight is 314 g/mol. The van der Waals surface area contributed by atoms with E-state index in [1.54, 1.807) is 11.8 Å². The zero-order valence-electron chi connectivity index (χ0n) is 13.1. The third kappa shape index (κ3) is 3.04. The molecule has 0 saturated carbocycles. The molecule has 1 aliphatic rings. The minimum Gasteiger partial charge on any atom is -0.360 e. The molecule has 22 heavy (non-hydrogen) atoms. The van der Waals surface area contributed by atoms with Crippen molar-refractivity contribution in [3.8, 4) is 0 Å². The number of amidine groups is 1. The average Bonchev–Trinajstić information content (AvgIpc) is 3.00. The lowest BCUT2D eigenvalue weighted by molar-refractivity contribution is 0.804. The summed E-state index contributed by atoms with van der Waals surface area (Å²) in [6, 6.07) is 6.47. The van der Waals surface area contributed by atoms with Gasteiger partial charge in [-0.1, -0.05) is 50.2 Å². The molecule has 3 rings (SSSR count). The van der Waals surface area contributed by atoms with Crippen LogP contribution < -0.4 is 5.43 Å². The number of H-pyrrole nitrogens is 1. The number of nitrogens with one attached hydrogen (secondary N) is 2. The summed E-state index contributed by atoms with van der Waals surface area (Å²) in [5, 5.41) is 6.73. The Bertz CT molecular complexity index is 715. The monoisotopic (exact) mass is 314 g/mol. The Balaban J connectivity index is 1.83. The Hall–Kier alpha value is -1.75. The van der Waals surface area contributed by atoms with Gasteiger partial charge in [0.05, 0.1) is 5.71 Å². The van der Waals surface area contributed by atoms with Crippen LogP contribution in [0.1, 0.15) is 37.8 Å². The molecule has 0 radical (unpaired) electrons. The molecular weight excluding hydrogens is 292 g/mol. The Morgan fingerprint density at radius 3 is 2.95 bits per heavy atom. The maximum atomic E-state index is 4.53. The van der Waals surface area contributed by atoms with Crippen molar-refractivity contribution in [2.45, 2.75) is 33.1 Å². The molecule has 2 N–H and O–H groups in total. The van der Waals surface area contributed by atoms with E-state index >= 15 is 0 Å². The number of rotatable bonds is 5. The van der Waals surface area contributed by atoms with E-state index in [-0.39, 0.29) is 0 Å². The third-order valence-corrected chi connectivity index (χ3v) is 4.80. The smallest absolute Gasteiger partial charge is 0.177 e. The highest BCUT2D eigenvalue weighted by molar-refractivity contribution is 8.14. The molecule has 5 heteroatoms. The van der Waals surface area contributed by atoms with Gasteiger partial charge in [0.1, 0.15) is 0 Å². The number of hydrogen-bond donors (Lipinski definition) is 2. The Morgan fingerprint density at radius 1 is 1.32 bits per heavy atom. The summed E-state index contributed by atoms with van der Waals surface area (Å²) >= 11 is 1.73. The summed E-state index contributed by atoms with van der Waals surface area (Å²) in [4.78, 5) is 7.94. The first kappa shape index (κ1) is 15.2. The van der Waals surface area contributed by atoms with Gasteiger partial charge in [0.2, 0.25) is 0 Å². The van der Waals surface area contributed by atoms with Gasteiger partial charge in [0.25, 0.3) is 0 Å². The molecule has 0 aliphatic carbocycles. The highest BCUT2D eigenvalue weighted by Gasteiger charge is 2.16. The van der Waals surface area contributed by atoms with Crippen molar-refractivity contribution in [1.82, 2.24) is 10.4 Å². The van der Waals surface area contributed by atoms with E-state index in [0.29, 0.717) is 0 Å². The number of aryl methyl sites for hydroxylation is 1. The maximum Gasteiger partial charge on any atom is 0.177 e. The molecule has 2 aromatic rings. The van der Waals surface area contributed by atoms with E-state index in [2.05, 4.69) is 58.7 Å². The van der Waals surface area contributed by atoms with Crippen LogP contribution in [0.3, 0.4) is 0 Å². The summed E-state index contributed by atoms with van der Waals surface area (Å²) in [5.74, 6) is 0.862. The number of fused-ring (bicyclic) bond motifs is 1. The molecule has 1 aliphatic heterocycles. The normalized spacial score (nSPS) is 16.8. The molecule has 0 unspecified atom stereocenters. The number of aromatic amines is 1. The Kier molecular flexibility index (Phi) is 4.83. The molecule has 0 fully saturated rings. The van der Waals surface area contributed by atoms with Crippen LogP contribution in [0.2, 0.25) is 0 Å². The number of aliphatic imine (C=N–C) groups is 1. The number of aromatic nitrogens is 1. The second-order valence-corrected chi connectivity index (χ2v) is 6.36. The quantitative estimate of drug-likeness (QED) is 0.822. The fraction of sp³-hybridized carbons (Fsp3) is 0.412. The molecule has 0 bridgehead atoms. The summed E-state index contributed by atoms with van der Waals surface area (Å²) < 4.78 is 0. The first-order chi connectivity index (χ1) is 10.8. The molecule has 0 spiro atoms. The summed E-state index contributed by atoms with van der Waals surface area (Å²) in [6.07, 6.45) is 5.41. The van der Waals surface area contributed by atoms with Crippen molar-refractivity contribution in [1.29, 1.82) is 0 Å². The van der Waals surface area contributed by atoms with Crippen LogP contribution in [-0.4, -0.2) is 28.2 Å². The molecule has 0 saturated heterocycles. The largest absolute Gasteiger partial charge is 0.360 e. The Labute approximate surface area is 135 Å². The fourth-order valence-corrected chi connectivity index (χ4v) is 3.41. The fourth-order valence-electron chi connectivity index (χ4n) is 2.62. The molecular formula is C17H22N4S. The molecule has 2 heterocycles. The number of hydrogen-bond acceptors (Lipinski definition) is 3. The number of thioether (sulfide) groups is 1. The predicted octanol–water partition coefficient (Wildman–Crippen LogP) is 3.93. The maximum absolute atomic E-state index is 4.53. The molecule has 1 aromatic heterocycles. The topological polar surface area (TPSA) is 52.5 Å². The van der Waals surface area contributed by atoms with E-state index in [9.17, 15) is 0 Å². The van der Waals surface area contributed by atoms with Gasteiger partial charge in [-0.2, -0.15) is 5.10 Å². The van der Waals surface area contributed by atoms with Crippen LogP contribution in [0, 0.1) is 0 Å². The van der Waals surface area contributed by atoms with Gasteiger partial charge >= 0.3 is 0 Å². The van der Waals surface area contributed by atoms with Crippen molar-refractivity contribution in [3.05, 3.63) is 35.5 Å². The molecule has 0 amide bonds. The minimum atomic E-state index is 0.862. The lowest BCUT2D eigenvalue weighted by atomic mass is 10.1. The van der Waals surface area contributed by atoms with Crippen molar-refractivity contribution in [3.63, 3.8) is 0 Å². The summed E-state index contributed by atoms with van der Waals surface area (Å²) in [7, 11) is 0. The van der Waals surface area contributed by atoms with Gasteiger partial charge in [-0.3, -0.25) is 10.4 Å². The van der Waals surface area contributed by atoms with E-state index in [1.165, 1.54) is 28.5 Å². The first-order valence-corrected chi connectivity index (χ1v) is 8.91. The van der Waals surface area contributed by atoms with E-state index in [1.807, 2.05) is 0 Å². The van der Waals surface area contributed by atoms with Crippen LogP contribution >= 0.6 is 11.8 Å².